The Balaban J connectivity index is 4.42. The van der Waals surface area contributed by atoms with Crippen LogP contribution in [0.3, 0.4) is 0 Å². The summed E-state index contributed by atoms with van der Waals surface area (Å²) in [4.78, 5) is 21.4. The number of carbonyl (C=O) groups is 2. The summed E-state index contributed by atoms with van der Waals surface area (Å²) in [7, 11) is 0. The Morgan fingerprint density at radius 2 is 2.07 bits per heavy atom. The molecule has 15 heavy (non-hydrogen) atoms. The standard InChI is InChI=1S/C11H17NO3/c1-4-5-8(2)6-7-10(11(14)15)12-9(3)13/h4-5,7-8H,6H2,1-3H3,(H,12,13)(H,14,15). The zero-order valence-corrected chi connectivity index (χ0v) is 9.28. The van der Waals surface area contributed by atoms with E-state index in [2.05, 4.69) is 5.32 Å². The minimum atomic E-state index is -1.11. The molecule has 1 atom stereocenters. The highest BCUT2D eigenvalue weighted by molar-refractivity contribution is 5.91. The molecule has 1 unspecified atom stereocenters. The molecule has 0 saturated carbocycles. The monoisotopic (exact) mass is 211 g/mol. The molecule has 0 aromatic heterocycles. The molecular weight excluding hydrogens is 194 g/mol. The zero-order valence-electron chi connectivity index (χ0n) is 9.28. The second-order valence-corrected chi connectivity index (χ2v) is 3.34. The first-order valence-electron chi connectivity index (χ1n) is 4.81. The second kappa shape index (κ2) is 6.81. The van der Waals surface area contributed by atoms with E-state index in [1.807, 2.05) is 26.0 Å². The molecule has 0 heterocycles. The third-order valence-corrected chi connectivity index (χ3v) is 1.76. The van der Waals surface area contributed by atoms with Crippen molar-refractivity contribution in [1.29, 1.82) is 0 Å². The minimum absolute atomic E-state index is 0.0566. The molecule has 0 radical (unpaired) electrons. The van der Waals surface area contributed by atoms with E-state index in [1.54, 1.807) is 0 Å². The maximum Gasteiger partial charge on any atom is 0.352 e. The molecule has 0 bridgehead atoms. The summed E-state index contributed by atoms with van der Waals surface area (Å²) in [5.74, 6) is -1.22. The van der Waals surface area contributed by atoms with Gasteiger partial charge in [-0.05, 0) is 19.3 Å². The average molecular weight is 211 g/mol. The van der Waals surface area contributed by atoms with Crippen molar-refractivity contribution in [2.75, 3.05) is 0 Å². The maximum absolute atomic E-state index is 10.7. The van der Waals surface area contributed by atoms with Crippen LogP contribution in [-0.2, 0) is 9.59 Å². The molecule has 0 rings (SSSR count). The first kappa shape index (κ1) is 13.4. The molecule has 0 fully saturated rings. The Hall–Kier alpha value is -1.58. The molecule has 0 saturated heterocycles. The van der Waals surface area contributed by atoms with E-state index in [-0.39, 0.29) is 17.5 Å². The van der Waals surface area contributed by atoms with E-state index in [1.165, 1.54) is 13.0 Å². The van der Waals surface area contributed by atoms with Gasteiger partial charge in [-0.15, -0.1) is 0 Å². The van der Waals surface area contributed by atoms with Gasteiger partial charge in [0.2, 0.25) is 5.91 Å². The summed E-state index contributed by atoms with van der Waals surface area (Å²) in [6.45, 7) is 5.17. The Bertz CT molecular complexity index is 292. The molecule has 4 heteroatoms. The summed E-state index contributed by atoms with van der Waals surface area (Å²) in [5.41, 5.74) is -0.0566. The number of hydrogen-bond donors (Lipinski definition) is 2. The van der Waals surface area contributed by atoms with Crippen molar-refractivity contribution in [3.05, 3.63) is 23.9 Å². The predicted octanol–water partition coefficient (Wildman–Crippen LogP) is 1.69. The minimum Gasteiger partial charge on any atom is -0.477 e. The van der Waals surface area contributed by atoms with Crippen molar-refractivity contribution >= 4 is 11.9 Å². The van der Waals surface area contributed by atoms with Crippen molar-refractivity contribution in [3.63, 3.8) is 0 Å². The third kappa shape index (κ3) is 6.49. The largest absolute Gasteiger partial charge is 0.477 e. The van der Waals surface area contributed by atoms with Crippen LogP contribution in [0.15, 0.2) is 23.9 Å². The second-order valence-electron chi connectivity index (χ2n) is 3.34. The smallest absolute Gasteiger partial charge is 0.352 e. The summed E-state index contributed by atoms with van der Waals surface area (Å²) in [6, 6.07) is 0. The van der Waals surface area contributed by atoms with Gasteiger partial charge in [-0.3, -0.25) is 4.79 Å². The average Bonchev–Trinajstić information content (AvgIpc) is 2.11. The van der Waals surface area contributed by atoms with Crippen LogP contribution in [0.1, 0.15) is 27.2 Å². The Labute approximate surface area is 89.7 Å². The van der Waals surface area contributed by atoms with E-state index < -0.39 is 5.97 Å². The van der Waals surface area contributed by atoms with Gasteiger partial charge >= 0.3 is 5.97 Å². The molecule has 1 amide bonds. The van der Waals surface area contributed by atoms with Crippen molar-refractivity contribution in [3.8, 4) is 0 Å². The van der Waals surface area contributed by atoms with Crippen LogP contribution in [0.4, 0.5) is 0 Å². The number of carboxylic acid groups (broad SMARTS) is 1. The van der Waals surface area contributed by atoms with Gasteiger partial charge in [0.05, 0.1) is 0 Å². The number of allylic oxidation sites excluding steroid dienone is 3. The lowest BCUT2D eigenvalue weighted by atomic mass is 10.1. The van der Waals surface area contributed by atoms with Gasteiger partial charge in [-0.1, -0.05) is 25.2 Å². The van der Waals surface area contributed by atoms with E-state index in [4.69, 9.17) is 5.11 Å². The topological polar surface area (TPSA) is 66.4 Å². The van der Waals surface area contributed by atoms with Gasteiger partial charge < -0.3 is 10.4 Å². The Morgan fingerprint density at radius 3 is 2.47 bits per heavy atom. The summed E-state index contributed by atoms with van der Waals surface area (Å²) < 4.78 is 0. The predicted molar refractivity (Wildman–Crippen MR) is 58.1 cm³/mol. The molecule has 0 aromatic rings. The lowest BCUT2D eigenvalue weighted by Gasteiger charge is -2.05. The van der Waals surface area contributed by atoms with Gasteiger partial charge in [0.1, 0.15) is 5.70 Å². The zero-order chi connectivity index (χ0) is 11.8. The lowest BCUT2D eigenvalue weighted by molar-refractivity contribution is -0.134. The molecule has 4 nitrogen and oxygen atoms in total. The summed E-state index contributed by atoms with van der Waals surface area (Å²) in [6.07, 6.45) is 6.00. The van der Waals surface area contributed by atoms with E-state index in [0.717, 1.165) is 0 Å². The van der Waals surface area contributed by atoms with Gasteiger partial charge in [-0.25, -0.2) is 4.79 Å². The molecule has 0 aliphatic carbocycles. The fourth-order valence-corrected chi connectivity index (χ4v) is 1.09. The molecule has 0 spiro atoms. The van der Waals surface area contributed by atoms with E-state index >= 15 is 0 Å². The third-order valence-electron chi connectivity index (χ3n) is 1.76. The molecule has 0 aliphatic heterocycles. The number of carbonyl (C=O) groups excluding carboxylic acids is 1. The molecular formula is C11H17NO3. The molecule has 0 aromatic carbocycles. The quantitative estimate of drug-likeness (QED) is 0.537. The summed E-state index contributed by atoms with van der Waals surface area (Å²) >= 11 is 0. The van der Waals surface area contributed by atoms with Crippen LogP contribution in [-0.4, -0.2) is 17.0 Å². The molecule has 84 valence electrons. The highest BCUT2D eigenvalue weighted by Gasteiger charge is 2.08. The number of carboxylic acids is 1. The van der Waals surface area contributed by atoms with Gasteiger partial charge in [0.25, 0.3) is 0 Å². The number of hydrogen-bond acceptors (Lipinski definition) is 2. The summed E-state index contributed by atoms with van der Waals surface area (Å²) in [5, 5.41) is 11.0. The SMILES string of the molecule is CC=CC(C)CC=C(NC(C)=O)C(=O)O. The van der Waals surface area contributed by atoms with Gasteiger partial charge in [0.15, 0.2) is 0 Å². The number of aliphatic carboxylic acids is 1. The van der Waals surface area contributed by atoms with Crippen LogP contribution in [0.25, 0.3) is 0 Å². The van der Waals surface area contributed by atoms with Crippen molar-refractivity contribution < 1.29 is 14.7 Å². The fraction of sp³-hybridized carbons (Fsp3) is 0.455. The number of amides is 1. The Morgan fingerprint density at radius 1 is 1.47 bits per heavy atom. The van der Waals surface area contributed by atoms with Gasteiger partial charge in [0, 0.05) is 6.92 Å². The lowest BCUT2D eigenvalue weighted by Crippen LogP contribution is -2.24. The Kier molecular flexibility index (Phi) is 6.09. The van der Waals surface area contributed by atoms with E-state index in [0.29, 0.717) is 6.42 Å². The normalized spacial score (nSPS) is 13.9. The van der Waals surface area contributed by atoms with Crippen LogP contribution in [0.2, 0.25) is 0 Å². The van der Waals surface area contributed by atoms with Crippen molar-refractivity contribution in [2.24, 2.45) is 5.92 Å². The van der Waals surface area contributed by atoms with Crippen LogP contribution in [0, 0.1) is 5.92 Å². The molecule has 2 N–H and O–H groups in total. The highest BCUT2D eigenvalue weighted by Crippen LogP contribution is 2.06. The number of nitrogens with one attached hydrogen (secondary N) is 1. The van der Waals surface area contributed by atoms with Crippen molar-refractivity contribution in [1.82, 2.24) is 5.32 Å². The van der Waals surface area contributed by atoms with Crippen LogP contribution >= 0.6 is 0 Å². The van der Waals surface area contributed by atoms with E-state index in [9.17, 15) is 9.59 Å². The first-order valence-corrected chi connectivity index (χ1v) is 4.81. The van der Waals surface area contributed by atoms with Crippen LogP contribution in [0.5, 0.6) is 0 Å². The molecule has 0 aliphatic rings. The number of rotatable bonds is 5. The van der Waals surface area contributed by atoms with Crippen molar-refractivity contribution in [2.45, 2.75) is 27.2 Å². The van der Waals surface area contributed by atoms with Crippen LogP contribution < -0.4 is 5.32 Å². The first-order chi connectivity index (χ1) is 6.97. The maximum atomic E-state index is 10.7. The van der Waals surface area contributed by atoms with Gasteiger partial charge in [-0.2, -0.15) is 0 Å². The highest BCUT2D eigenvalue weighted by atomic mass is 16.4. The fourth-order valence-electron chi connectivity index (χ4n) is 1.09.